The van der Waals surface area contributed by atoms with Crippen LogP contribution in [0.3, 0.4) is 0 Å². The Hall–Kier alpha value is -0.660. The maximum Gasteiger partial charge on any atom is 0.303 e. The maximum absolute atomic E-state index is 12.3. The van der Waals surface area contributed by atoms with E-state index in [9.17, 15) is 13.2 Å². The number of carboxylic acids is 1. The van der Waals surface area contributed by atoms with Gasteiger partial charge in [-0.2, -0.15) is 4.31 Å². The highest BCUT2D eigenvalue weighted by molar-refractivity contribution is 7.89. The highest BCUT2D eigenvalue weighted by Crippen LogP contribution is 2.18. The molecule has 0 bridgehead atoms. The molecule has 1 fully saturated rings. The first-order chi connectivity index (χ1) is 8.97. The molecular formula is C12H24N2O4S. The second kappa shape index (κ2) is 7.81. The molecule has 1 rings (SSSR count). The minimum absolute atomic E-state index is 0.0658. The largest absolute Gasteiger partial charge is 0.481 e. The maximum atomic E-state index is 12.3. The average Bonchev–Trinajstić information content (AvgIpc) is 2.36. The highest BCUT2D eigenvalue weighted by atomic mass is 32.2. The molecule has 1 aliphatic heterocycles. The SMILES string of the molecule is CCCN(C1CCNCC1)S(=O)(=O)CCCC(=O)O. The molecule has 0 aromatic heterocycles. The van der Waals surface area contributed by atoms with Crippen LogP contribution in [0.2, 0.25) is 0 Å². The van der Waals surface area contributed by atoms with E-state index in [4.69, 9.17) is 5.11 Å². The zero-order valence-corrected chi connectivity index (χ0v) is 12.3. The van der Waals surface area contributed by atoms with Gasteiger partial charge in [0, 0.05) is 19.0 Å². The van der Waals surface area contributed by atoms with Crippen molar-refractivity contribution in [2.45, 2.75) is 45.1 Å². The Kier molecular flexibility index (Phi) is 6.74. The predicted octanol–water partition coefficient (Wildman–Crippen LogP) is 0.645. The van der Waals surface area contributed by atoms with Crippen molar-refractivity contribution in [1.82, 2.24) is 9.62 Å². The summed E-state index contributed by atoms with van der Waals surface area (Å²) in [6.07, 6.45) is 2.53. The summed E-state index contributed by atoms with van der Waals surface area (Å²) >= 11 is 0. The van der Waals surface area contributed by atoms with E-state index in [-0.39, 0.29) is 24.6 Å². The number of nitrogens with zero attached hydrogens (tertiary/aromatic N) is 1. The van der Waals surface area contributed by atoms with Gasteiger partial charge in [0.05, 0.1) is 5.75 Å². The van der Waals surface area contributed by atoms with Crippen molar-refractivity contribution in [2.75, 3.05) is 25.4 Å². The van der Waals surface area contributed by atoms with Gasteiger partial charge in [-0.1, -0.05) is 6.92 Å². The number of aliphatic carboxylic acids is 1. The number of hydrogen-bond acceptors (Lipinski definition) is 4. The minimum atomic E-state index is -3.34. The van der Waals surface area contributed by atoms with Crippen LogP contribution in [0.5, 0.6) is 0 Å². The first-order valence-corrected chi connectivity index (χ1v) is 8.50. The molecule has 0 aromatic rings. The number of piperidine rings is 1. The predicted molar refractivity (Wildman–Crippen MR) is 73.5 cm³/mol. The summed E-state index contributed by atoms with van der Waals surface area (Å²) in [5.41, 5.74) is 0. The molecule has 0 radical (unpaired) electrons. The Morgan fingerprint density at radius 1 is 1.37 bits per heavy atom. The van der Waals surface area contributed by atoms with E-state index in [1.165, 1.54) is 0 Å². The van der Waals surface area contributed by atoms with Crippen molar-refractivity contribution >= 4 is 16.0 Å². The van der Waals surface area contributed by atoms with Gasteiger partial charge < -0.3 is 10.4 Å². The van der Waals surface area contributed by atoms with Crippen molar-refractivity contribution in [1.29, 1.82) is 0 Å². The molecule has 1 saturated heterocycles. The zero-order chi connectivity index (χ0) is 14.3. The third-order valence-electron chi connectivity index (χ3n) is 3.31. The molecule has 0 atom stereocenters. The van der Waals surface area contributed by atoms with E-state index < -0.39 is 16.0 Å². The average molecular weight is 292 g/mol. The molecule has 0 aromatic carbocycles. The Balaban J connectivity index is 2.64. The monoisotopic (exact) mass is 292 g/mol. The molecule has 0 saturated carbocycles. The Morgan fingerprint density at radius 3 is 2.53 bits per heavy atom. The van der Waals surface area contributed by atoms with Gasteiger partial charge in [-0.3, -0.25) is 4.79 Å². The quantitative estimate of drug-likeness (QED) is 0.686. The fraction of sp³-hybridized carbons (Fsp3) is 0.917. The number of carbonyl (C=O) groups is 1. The second-order valence-electron chi connectivity index (χ2n) is 4.91. The number of hydrogen-bond donors (Lipinski definition) is 2. The normalized spacial score (nSPS) is 17.8. The first kappa shape index (κ1) is 16.4. The Labute approximate surface area is 115 Å². The van der Waals surface area contributed by atoms with Crippen LogP contribution in [0.1, 0.15) is 39.0 Å². The van der Waals surface area contributed by atoms with E-state index in [0.29, 0.717) is 6.54 Å². The highest BCUT2D eigenvalue weighted by Gasteiger charge is 2.29. The van der Waals surface area contributed by atoms with Gasteiger partial charge in [0.1, 0.15) is 0 Å². The lowest BCUT2D eigenvalue weighted by molar-refractivity contribution is -0.137. The van der Waals surface area contributed by atoms with E-state index in [0.717, 1.165) is 32.4 Å². The lowest BCUT2D eigenvalue weighted by atomic mass is 10.1. The smallest absolute Gasteiger partial charge is 0.303 e. The third-order valence-corrected chi connectivity index (χ3v) is 5.31. The molecule has 0 spiro atoms. The lowest BCUT2D eigenvalue weighted by Gasteiger charge is -2.33. The standard InChI is InChI=1S/C12H24N2O4S/c1-2-9-14(11-5-7-13-8-6-11)19(17,18)10-3-4-12(15)16/h11,13H,2-10H2,1H3,(H,15,16). The topological polar surface area (TPSA) is 86.7 Å². The fourth-order valence-electron chi connectivity index (χ4n) is 2.39. The molecule has 112 valence electrons. The van der Waals surface area contributed by atoms with Crippen molar-refractivity contribution < 1.29 is 18.3 Å². The van der Waals surface area contributed by atoms with Gasteiger partial charge in [0.15, 0.2) is 0 Å². The summed E-state index contributed by atoms with van der Waals surface area (Å²) in [5, 5.41) is 11.8. The van der Waals surface area contributed by atoms with Crippen LogP contribution in [-0.2, 0) is 14.8 Å². The van der Waals surface area contributed by atoms with Crippen LogP contribution in [-0.4, -0.2) is 55.2 Å². The Bertz CT molecular complexity index is 377. The fourth-order valence-corrected chi connectivity index (χ4v) is 4.26. The van der Waals surface area contributed by atoms with Crippen LogP contribution >= 0.6 is 0 Å². The molecule has 6 nitrogen and oxygen atoms in total. The van der Waals surface area contributed by atoms with Crippen LogP contribution in [0.15, 0.2) is 0 Å². The minimum Gasteiger partial charge on any atom is -0.481 e. The number of rotatable bonds is 8. The van der Waals surface area contributed by atoms with Gasteiger partial charge in [0.25, 0.3) is 0 Å². The second-order valence-corrected chi connectivity index (χ2v) is 6.95. The van der Waals surface area contributed by atoms with E-state index in [2.05, 4.69) is 5.32 Å². The number of nitrogens with one attached hydrogen (secondary N) is 1. The molecule has 19 heavy (non-hydrogen) atoms. The van der Waals surface area contributed by atoms with Crippen molar-refractivity contribution in [3.63, 3.8) is 0 Å². The van der Waals surface area contributed by atoms with Crippen molar-refractivity contribution in [2.24, 2.45) is 0 Å². The van der Waals surface area contributed by atoms with Crippen molar-refractivity contribution in [3.8, 4) is 0 Å². The van der Waals surface area contributed by atoms with Crippen LogP contribution in [0.25, 0.3) is 0 Å². The van der Waals surface area contributed by atoms with Gasteiger partial charge in [-0.25, -0.2) is 8.42 Å². The summed E-state index contributed by atoms with van der Waals surface area (Å²) in [6.45, 7) is 4.17. The zero-order valence-electron chi connectivity index (χ0n) is 11.5. The van der Waals surface area contributed by atoms with Gasteiger partial charge in [-0.05, 0) is 38.8 Å². The summed E-state index contributed by atoms with van der Waals surface area (Å²) < 4.78 is 26.2. The molecule has 0 aliphatic carbocycles. The molecule has 1 heterocycles. The van der Waals surface area contributed by atoms with Crippen LogP contribution < -0.4 is 5.32 Å². The lowest BCUT2D eigenvalue weighted by Crippen LogP contribution is -2.47. The van der Waals surface area contributed by atoms with E-state index >= 15 is 0 Å². The van der Waals surface area contributed by atoms with Gasteiger partial charge >= 0.3 is 5.97 Å². The van der Waals surface area contributed by atoms with E-state index in [1.54, 1.807) is 4.31 Å². The molecule has 0 amide bonds. The molecule has 2 N–H and O–H groups in total. The molecule has 0 unspecified atom stereocenters. The molecular weight excluding hydrogens is 268 g/mol. The van der Waals surface area contributed by atoms with Crippen LogP contribution in [0, 0.1) is 0 Å². The summed E-state index contributed by atoms with van der Waals surface area (Å²) in [5.74, 6) is -1.01. The van der Waals surface area contributed by atoms with Crippen LogP contribution in [0.4, 0.5) is 0 Å². The van der Waals surface area contributed by atoms with Crippen molar-refractivity contribution in [3.05, 3.63) is 0 Å². The van der Waals surface area contributed by atoms with E-state index in [1.807, 2.05) is 6.92 Å². The summed E-state index contributed by atoms with van der Waals surface area (Å²) in [4.78, 5) is 10.5. The third kappa shape index (κ3) is 5.46. The molecule has 1 aliphatic rings. The number of sulfonamides is 1. The molecule has 7 heteroatoms. The van der Waals surface area contributed by atoms with Gasteiger partial charge in [0.2, 0.25) is 10.0 Å². The Morgan fingerprint density at radius 2 is 2.00 bits per heavy atom. The first-order valence-electron chi connectivity index (χ1n) is 6.89. The summed E-state index contributed by atoms with van der Waals surface area (Å²) in [6, 6.07) is 0.0658. The number of carboxylic acid groups (broad SMARTS) is 1. The van der Waals surface area contributed by atoms with Gasteiger partial charge in [-0.15, -0.1) is 0 Å². The summed E-state index contributed by atoms with van der Waals surface area (Å²) in [7, 11) is -3.34.